The van der Waals surface area contributed by atoms with Crippen LogP contribution in [0.2, 0.25) is 0 Å². The highest BCUT2D eigenvalue weighted by Gasteiger charge is 2.21. The van der Waals surface area contributed by atoms with E-state index in [-0.39, 0.29) is 0 Å². The van der Waals surface area contributed by atoms with Crippen LogP contribution in [0.4, 0.5) is 5.69 Å². The number of hydrogen-bond donors (Lipinski definition) is 2. The monoisotopic (exact) mass is 386 g/mol. The zero-order chi connectivity index (χ0) is 14.9. The van der Waals surface area contributed by atoms with Gasteiger partial charge in [0.25, 0.3) is 10.0 Å². The lowest BCUT2D eigenvalue weighted by molar-refractivity contribution is 0.603. The third kappa shape index (κ3) is 3.85. The fraction of sp³-hybridized carbons (Fsp3) is 0.286. The highest BCUT2D eigenvalue weighted by Crippen LogP contribution is 2.28. The summed E-state index contributed by atoms with van der Waals surface area (Å²) in [5.41, 5.74) is 0.545. The van der Waals surface area contributed by atoms with Gasteiger partial charge in [-0.2, -0.15) is 0 Å². The average molecular weight is 387 g/mol. The fourth-order valence-corrected chi connectivity index (χ4v) is 4.77. The molecule has 21 heavy (non-hydrogen) atoms. The second kappa shape index (κ2) is 6.08. The first-order valence-corrected chi connectivity index (χ1v) is 9.73. The van der Waals surface area contributed by atoms with E-state index in [0.717, 1.165) is 15.9 Å². The summed E-state index contributed by atoms with van der Waals surface area (Å²) in [4.78, 5) is 1.04. The summed E-state index contributed by atoms with van der Waals surface area (Å²) in [6.07, 6.45) is 2.44. The van der Waals surface area contributed by atoms with Crippen LogP contribution in [-0.4, -0.2) is 14.5 Å². The van der Waals surface area contributed by atoms with Crippen LogP contribution < -0.4 is 10.0 Å². The first-order valence-electron chi connectivity index (χ1n) is 6.64. The summed E-state index contributed by atoms with van der Waals surface area (Å²) < 4.78 is 28.4. The summed E-state index contributed by atoms with van der Waals surface area (Å²) in [5.74, 6) is 0. The lowest BCUT2D eigenvalue weighted by atomic mass is 10.3. The molecule has 1 aromatic heterocycles. The topological polar surface area (TPSA) is 58.2 Å². The molecule has 112 valence electrons. The number of benzene rings is 1. The first kappa shape index (κ1) is 15.0. The standard InChI is InChI=1S/C14H15BrN2O2S2/c15-12-3-1-2-4-13(12)17-21(18,19)14-8-7-11(20-14)9-16-10-5-6-10/h1-4,7-8,10,16-17H,5-6,9H2. The van der Waals surface area contributed by atoms with E-state index in [0.29, 0.717) is 15.9 Å². The summed E-state index contributed by atoms with van der Waals surface area (Å²) in [6.45, 7) is 0.736. The Hall–Kier alpha value is -0.890. The van der Waals surface area contributed by atoms with Gasteiger partial charge in [-0.3, -0.25) is 4.72 Å². The molecule has 0 bridgehead atoms. The Labute approximate surface area is 136 Å². The minimum atomic E-state index is -3.53. The molecular formula is C14H15BrN2O2S2. The van der Waals surface area contributed by atoms with Crippen LogP contribution in [0.3, 0.4) is 0 Å². The third-order valence-electron chi connectivity index (χ3n) is 3.16. The lowest BCUT2D eigenvalue weighted by Gasteiger charge is -2.07. The Morgan fingerprint density at radius 2 is 1.95 bits per heavy atom. The van der Waals surface area contributed by atoms with Crippen molar-refractivity contribution in [3.63, 3.8) is 0 Å². The van der Waals surface area contributed by atoms with E-state index >= 15 is 0 Å². The van der Waals surface area contributed by atoms with Gasteiger partial charge in [-0.25, -0.2) is 8.42 Å². The molecule has 0 atom stereocenters. The van der Waals surface area contributed by atoms with E-state index in [1.54, 1.807) is 24.3 Å². The van der Waals surface area contributed by atoms with Crippen LogP contribution in [0.5, 0.6) is 0 Å². The molecule has 2 N–H and O–H groups in total. The molecule has 0 amide bonds. The molecule has 1 saturated carbocycles. The van der Waals surface area contributed by atoms with Gasteiger partial charge >= 0.3 is 0 Å². The SMILES string of the molecule is O=S(=O)(Nc1ccccc1Br)c1ccc(CNC2CC2)s1. The summed E-state index contributed by atoms with van der Waals surface area (Å²) in [7, 11) is -3.53. The van der Waals surface area contributed by atoms with Gasteiger partial charge in [-0.1, -0.05) is 12.1 Å². The van der Waals surface area contributed by atoms with E-state index in [1.807, 2.05) is 12.1 Å². The first-order chi connectivity index (χ1) is 10.0. The average Bonchev–Trinajstić information content (AvgIpc) is 3.15. The van der Waals surface area contributed by atoms with Crippen molar-refractivity contribution < 1.29 is 8.42 Å². The second-order valence-corrected chi connectivity index (χ2v) is 8.89. The molecule has 2 aromatic rings. The predicted molar refractivity (Wildman–Crippen MR) is 89.1 cm³/mol. The lowest BCUT2D eigenvalue weighted by Crippen LogP contribution is -2.14. The number of thiophene rings is 1. The van der Waals surface area contributed by atoms with Crippen LogP contribution in [-0.2, 0) is 16.6 Å². The van der Waals surface area contributed by atoms with Gasteiger partial charge in [0, 0.05) is 21.9 Å². The predicted octanol–water partition coefficient (Wildman–Crippen LogP) is 3.56. The Morgan fingerprint density at radius 3 is 2.67 bits per heavy atom. The molecule has 1 fully saturated rings. The molecule has 1 aliphatic rings. The van der Waals surface area contributed by atoms with Crippen molar-refractivity contribution in [3.05, 3.63) is 45.7 Å². The number of nitrogens with one attached hydrogen (secondary N) is 2. The van der Waals surface area contributed by atoms with Crippen LogP contribution in [0.1, 0.15) is 17.7 Å². The molecule has 0 radical (unpaired) electrons. The highest BCUT2D eigenvalue weighted by atomic mass is 79.9. The van der Waals surface area contributed by atoms with Crippen molar-refractivity contribution >= 4 is 43.0 Å². The Kier molecular flexibility index (Phi) is 4.35. The third-order valence-corrected chi connectivity index (χ3v) is 6.80. The van der Waals surface area contributed by atoms with E-state index in [9.17, 15) is 8.42 Å². The molecule has 4 nitrogen and oxygen atoms in total. The van der Waals surface area contributed by atoms with Crippen LogP contribution >= 0.6 is 27.3 Å². The molecule has 1 aliphatic carbocycles. The molecule has 3 rings (SSSR count). The number of hydrogen-bond acceptors (Lipinski definition) is 4. The molecule has 7 heteroatoms. The van der Waals surface area contributed by atoms with Gasteiger partial charge in [-0.05, 0) is 53.0 Å². The molecule has 0 unspecified atom stereocenters. The summed E-state index contributed by atoms with van der Waals surface area (Å²) in [6, 6.07) is 11.3. The van der Waals surface area contributed by atoms with Gasteiger partial charge in [-0.15, -0.1) is 11.3 Å². The van der Waals surface area contributed by atoms with Gasteiger partial charge in [0.1, 0.15) is 4.21 Å². The minimum absolute atomic E-state index is 0.339. The molecule has 1 aromatic carbocycles. The summed E-state index contributed by atoms with van der Waals surface area (Å²) >= 11 is 4.65. The van der Waals surface area contributed by atoms with Crippen molar-refractivity contribution in [1.29, 1.82) is 0 Å². The maximum atomic E-state index is 12.4. The van der Waals surface area contributed by atoms with Crippen LogP contribution in [0.15, 0.2) is 45.1 Å². The second-order valence-electron chi connectivity index (χ2n) is 4.96. The Morgan fingerprint density at radius 1 is 1.19 bits per heavy atom. The van der Waals surface area contributed by atoms with E-state index in [4.69, 9.17) is 0 Å². The van der Waals surface area contributed by atoms with Crippen molar-refractivity contribution in [1.82, 2.24) is 5.32 Å². The van der Waals surface area contributed by atoms with E-state index in [1.165, 1.54) is 24.2 Å². The van der Waals surface area contributed by atoms with Crippen LogP contribution in [0.25, 0.3) is 0 Å². The molecule has 0 aliphatic heterocycles. The van der Waals surface area contributed by atoms with Gasteiger partial charge < -0.3 is 5.32 Å². The van der Waals surface area contributed by atoms with E-state index < -0.39 is 10.0 Å². The number of rotatable bonds is 6. The smallest absolute Gasteiger partial charge is 0.271 e. The maximum Gasteiger partial charge on any atom is 0.271 e. The molecule has 0 spiro atoms. The zero-order valence-electron chi connectivity index (χ0n) is 11.2. The quantitative estimate of drug-likeness (QED) is 0.797. The normalized spacial score (nSPS) is 15.1. The molecular weight excluding hydrogens is 372 g/mol. The maximum absolute atomic E-state index is 12.4. The van der Waals surface area contributed by atoms with E-state index in [2.05, 4.69) is 26.0 Å². The van der Waals surface area contributed by atoms with Gasteiger partial charge in [0.15, 0.2) is 0 Å². The van der Waals surface area contributed by atoms with Crippen molar-refractivity contribution in [3.8, 4) is 0 Å². The fourth-order valence-electron chi connectivity index (χ4n) is 1.87. The minimum Gasteiger partial charge on any atom is -0.309 e. The zero-order valence-corrected chi connectivity index (χ0v) is 14.4. The largest absolute Gasteiger partial charge is 0.309 e. The Bertz CT molecular complexity index is 739. The molecule has 0 saturated heterocycles. The number of para-hydroxylation sites is 1. The number of sulfonamides is 1. The highest BCUT2D eigenvalue weighted by molar-refractivity contribution is 9.10. The summed E-state index contributed by atoms with van der Waals surface area (Å²) in [5, 5.41) is 3.38. The Balaban J connectivity index is 1.73. The number of halogens is 1. The van der Waals surface area contributed by atoms with Crippen molar-refractivity contribution in [2.75, 3.05) is 4.72 Å². The van der Waals surface area contributed by atoms with Crippen molar-refractivity contribution in [2.24, 2.45) is 0 Å². The number of anilines is 1. The van der Waals surface area contributed by atoms with Gasteiger partial charge in [0.2, 0.25) is 0 Å². The van der Waals surface area contributed by atoms with Crippen molar-refractivity contribution in [2.45, 2.75) is 29.6 Å². The molecule has 1 heterocycles. The van der Waals surface area contributed by atoms with Gasteiger partial charge in [0.05, 0.1) is 5.69 Å². The van der Waals surface area contributed by atoms with Crippen LogP contribution in [0, 0.1) is 0 Å².